The third-order valence-electron chi connectivity index (χ3n) is 11.3. The summed E-state index contributed by atoms with van der Waals surface area (Å²) in [4.78, 5) is 7.62. The molecule has 11 rings (SSSR count). The second-order valence-electron chi connectivity index (χ2n) is 13.8. The van der Waals surface area contributed by atoms with E-state index in [9.17, 15) is 0 Å². The van der Waals surface area contributed by atoms with Crippen molar-refractivity contribution in [2.75, 3.05) is 4.90 Å². The van der Waals surface area contributed by atoms with Crippen LogP contribution in [0.3, 0.4) is 0 Å². The molecule has 4 heteroatoms. The van der Waals surface area contributed by atoms with Crippen molar-refractivity contribution in [2.45, 2.75) is 31.6 Å². The highest BCUT2D eigenvalue weighted by Crippen LogP contribution is 2.59. The highest BCUT2D eigenvalue weighted by molar-refractivity contribution is 5.99. The van der Waals surface area contributed by atoms with Crippen molar-refractivity contribution < 1.29 is 0 Å². The van der Waals surface area contributed by atoms with Crippen molar-refractivity contribution in [1.82, 2.24) is 14.1 Å². The lowest BCUT2D eigenvalue weighted by Crippen LogP contribution is -2.41. The number of fused-ring (bicyclic) bond motifs is 11. The molecule has 2 aromatic heterocycles. The number of aryl methyl sites for hydroxylation is 1. The summed E-state index contributed by atoms with van der Waals surface area (Å²) >= 11 is 0. The minimum atomic E-state index is 0.191. The summed E-state index contributed by atoms with van der Waals surface area (Å²) in [5.74, 6) is 1.51. The highest BCUT2D eigenvalue weighted by atomic mass is 15.2. The Labute approximate surface area is 290 Å². The molecule has 2 aliphatic carbocycles. The van der Waals surface area contributed by atoms with Gasteiger partial charge in [0.2, 0.25) is 0 Å². The van der Waals surface area contributed by atoms with Crippen LogP contribution in [0.2, 0.25) is 0 Å². The van der Waals surface area contributed by atoms with Crippen LogP contribution in [0, 0.1) is 0 Å². The van der Waals surface area contributed by atoms with E-state index in [0.29, 0.717) is 0 Å². The highest BCUT2D eigenvalue weighted by Gasteiger charge is 2.47. The topological polar surface area (TPSA) is 26.0 Å². The molecule has 0 amide bonds. The van der Waals surface area contributed by atoms with Crippen molar-refractivity contribution in [3.63, 3.8) is 0 Å². The summed E-state index contributed by atoms with van der Waals surface area (Å²) in [6, 6.07) is 55.9. The third kappa shape index (κ3) is 3.68. The Morgan fingerprint density at radius 3 is 2.18 bits per heavy atom. The fraction of sp³-hybridized carbons (Fsp3) is 0.109. The van der Waals surface area contributed by atoms with Crippen molar-refractivity contribution in [2.24, 2.45) is 0 Å². The normalized spacial score (nSPS) is 17.2. The van der Waals surface area contributed by atoms with Crippen LogP contribution in [0.4, 0.5) is 11.4 Å². The van der Waals surface area contributed by atoms with E-state index in [1.54, 1.807) is 0 Å². The summed E-state index contributed by atoms with van der Waals surface area (Å²) in [6.45, 7) is 2.19. The Hall–Kier alpha value is -6.13. The van der Waals surface area contributed by atoms with Crippen LogP contribution >= 0.6 is 0 Å². The van der Waals surface area contributed by atoms with Gasteiger partial charge in [0.1, 0.15) is 5.82 Å². The molecule has 0 radical (unpaired) electrons. The van der Waals surface area contributed by atoms with E-state index in [1.807, 2.05) is 0 Å². The maximum Gasteiger partial charge on any atom is 0.114 e. The molecule has 0 saturated carbocycles. The zero-order chi connectivity index (χ0) is 32.9. The average molecular weight is 643 g/mol. The van der Waals surface area contributed by atoms with Gasteiger partial charge < -0.3 is 9.47 Å². The molecule has 50 heavy (non-hydrogen) atoms. The predicted octanol–water partition coefficient (Wildman–Crippen LogP) is 9.08. The number of nitrogens with zero attached hydrogens (tertiary/aromatic N) is 4. The van der Waals surface area contributed by atoms with Crippen LogP contribution in [0.15, 0.2) is 152 Å². The van der Waals surface area contributed by atoms with Gasteiger partial charge in [0.25, 0.3) is 0 Å². The number of rotatable bonds is 4. The summed E-state index contributed by atoms with van der Waals surface area (Å²) in [6.07, 6.45) is 1.82. The van der Waals surface area contributed by atoms with Crippen molar-refractivity contribution in [1.29, 1.82) is 0 Å². The number of aromatic nitrogens is 3. The third-order valence-corrected chi connectivity index (χ3v) is 11.3. The Morgan fingerprint density at radius 2 is 1.30 bits per heavy atom. The van der Waals surface area contributed by atoms with Crippen LogP contribution < -0.4 is 15.5 Å². The molecule has 0 saturated heterocycles. The molecule has 0 N–H and O–H groups in total. The summed E-state index contributed by atoms with van der Waals surface area (Å²) in [5, 5.41) is 4.02. The molecule has 4 nitrogen and oxygen atoms in total. The first-order chi connectivity index (χ1) is 24.8. The summed E-state index contributed by atoms with van der Waals surface area (Å²) in [7, 11) is 0. The van der Waals surface area contributed by atoms with E-state index < -0.39 is 0 Å². The van der Waals surface area contributed by atoms with E-state index in [0.717, 1.165) is 35.4 Å². The van der Waals surface area contributed by atoms with Gasteiger partial charge >= 0.3 is 0 Å². The number of imidazole rings is 1. The predicted molar refractivity (Wildman–Crippen MR) is 204 cm³/mol. The van der Waals surface area contributed by atoms with E-state index in [-0.39, 0.29) is 11.8 Å². The summed E-state index contributed by atoms with van der Waals surface area (Å²) in [5.41, 5.74) is 15.4. The number of para-hydroxylation sites is 5. The molecular weight excluding hydrogens is 609 g/mol. The Bertz CT molecular complexity index is 2800. The molecule has 0 bridgehead atoms. The first-order valence-corrected chi connectivity index (χ1v) is 17.8. The lowest BCUT2D eigenvalue weighted by atomic mass is 9.76. The van der Waals surface area contributed by atoms with Gasteiger partial charge in [0.15, 0.2) is 0 Å². The van der Waals surface area contributed by atoms with Crippen LogP contribution in [-0.2, 0) is 12.8 Å². The lowest BCUT2D eigenvalue weighted by Gasteiger charge is -2.31. The molecule has 0 fully saturated rings. The van der Waals surface area contributed by atoms with Gasteiger partial charge in [-0.1, -0.05) is 104 Å². The summed E-state index contributed by atoms with van der Waals surface area (Å²) < 4.78 is 4.89. The SMILES string of the molecule is CCc1nc2ccccc2n1-c1cccc(N2C3=c4c(n(-c5ccccc5)c5ccccc45)=C4Cc5ccccc5C4C3c3ccccc32)c1. The lowest BCUT2D eigenvalue weighted by molar-refractivity contribution is 0.766. The fourth-order valence-corrected chi connectivity index (χ4v) is 9.39. The molecule has 1 aliphatic heterocycles. The number of hydrogen-bond donors (Lipinski definition) is 0. The second kappa shape index (κ2) is 10.4. The Kier molecular flexibility index (Phi) is 5.80. The molecular formula is C46H34N4. The smallest absolute Gasteiger partial charge is 0.114 e. The zero-order valence-electron chi connectivity index (χ0n) is 27.8. The molecule has 8 aromatic rings. The van der Waals surface area contributed by atoms with Gasteiger partial charge in [0, 0.05) is 57.3 Å². The van der Waals surface area contributed by atoms with Crippen molar-refractivity contribution in [3.05, 3.63) is 185 Å². The standard InChI is InChI=1S/C46H34N4/c1-2-41-47-37-23-10-13-26-40(37)48(41)31-18-14-19-32(28-31)50-38-24-11-8-21-34(38)43-42-33-20-7-6-15-29(33)27-36(42)45-44(46(43)50)35-22-9-12-25-39(35)49(45)30-16-4-3-5-17-30/h3-26,28,42-43H,2,27H2,1H3. The minimum absolute atomic E-state index is 0.191. The van der Waals surface area contributed by atoms with Crippen LogP contribution in [-0.4, -0.2) is 14.1 Å². The van der Waals surface area contributed by atoms with E-state index in [1.165, 1.54) is 66.5 Å². The quantitative estimate of drug-likeness (QED) is 0.191. The van der Waals surface area contributed by atoms with Gasteiger partial charge in [-0.05, 0) is 83.3 Å². The van der Waals surface area contributed by atoms with Gasteiger partial charge in [-0.15, -0.1) is 0 Å². The maximum atomic E-state index is 5.03. The van der Waals surface area contributed by atoms with E-state index in [4.69, 9.17) is 4.98 Å². The first-order valence-electron chi connectivity index (χ1n) is 17.8. The molecule has 6 aromatic carbocycles. The fourth-order valence-electron chi connectivity index (χ4n) is 9.39. The van der Waals surface area contributed by atoms with Gasteiger partial charge in [-0.25, -0.2) is 4.98 Å². The van der Waals surface area contributed by atoms with Gasteiger partial charge in [0.05, 0.1) is 21.9 Å². The molecule has 3 heterocycles. The largest absolute Gasteiger partial charge is 0.312 e. The number of benzene rings is 6. The second-order valence-corrected chi connectivity index (χ2v) is 13.8. The Morgan fingerprint density at radius 1 is 0.600 bits per heavy atom. The Balaban J connectivity index is 1.27. The molecule has 2 unspecified atom stereocenters. The van der Waals surface area contributed by atoms with Crippen molar-refractivity contribution in [3.8, 4) is 11.4 Å². The van der Waals surface area contributed by atoms with E-state index in [2.05, 4.69) is 173 Å². The monoisotopic (exact) mass is 642 g/mol. The number of anilines is 2. The van der Waals surface area contributed by atoms with Gasteiger partial charge in [-0.2, -0.15) is 0 Å². The minimum Gasteiger partial charge on any atom is -0.312 e. The number of hydrogen-bond acceptors (Lipinski definition) is 2. The molecule has 238 valence electrons. The van der Waals surface area contributed by atoms with Crippen LogP contribution in [0.1, 0.15) is 41.3 Å². The zero-order valence-corrected chi connectivity index (χ0v) is 27.8. The maximum absolute atomic E-state index is 5.03. The molecule has 2 atom stereocenters. The molecule has 3 aliphatic rings. The average Bonchev–Trinajstić information content (AvgIpc) is 3.92. The molecule has 0 spiro atoms. The van der Waals surface area contributed by atoms with Crippen molar-refractivity contribution >= 4 is 44.6 Å². The van der Waals surface area contributed by atoms with Gasteiger partial charge in [-0.3, -0.25) is 4.57 Å². The first kappa shape index (κ1) is 27.8. The van der Waals surface area contributed by atoms with E-state index >= 15 is 0 Å². The van der Waals surface area contributed by atoms with Crippen LogP contribution in [0.25, 0.3) is 44.6 Å². The van der Waals surface area contributed by atoms with Crippen LogP contribution in [0.5, 0.6) is 0 Å².